The summed E-state index contributed by atoms with van der Waals surface area (Å²) >= 11 is 0. The second-order valence-electron chi connectivity index (χ2n) is 6.61. The zero-order valence-corrected chi connectivity index (χ0v) is 16.4. The van der Waals surface area contributed by atoms with E-state index in [1.54, 1.807) is 23.1 Å². The minimum absolute atomic E-state index is 0.249. The molecule has 0 bridgehead atoms. The number of benzene rings is 2. The fourth-order valence-corrected chi connectivity index (χ4v) is 3.75. The summed E-state index contributed by atoms with van der Waals surface area (Å²) in [7, 11) is -3.53. The largest absolute Gasteiger partial charge is 0.249 e. The number of aromatic nitrogens is 3. The van der Waals surface area contributed by atoms with E-state index in [9.17, 15) is 8.42 Å². The van der Waals surface area contributed by atoms with Crippen LogP contribution in [0.5, 0.6) is 0 Å². The van der Waals surface area contributed by atoms with E-state index in [0.29, 0.717) is 12.5 Å². The molecule has 0 aliphatic heterocycles. The zero-order valence-electron chi connectivity index (χ0n) is 15.5. The third kappa shape index (κ3) is 5.02. The van der Waals surface area contributed by atoms with Crippen molar-refractivity contribution in [2.24, 2.45) is 0 Å². The highest BCUT2D eigenvalue weighted by Gasteiger charge is 2.14. The van der Waals surface area contributed by atoms with Gasteiger partial charge in [-0.1, -0.05) is 50.2 Å². The maximum Gasteiger partial charge on any atom is 0.240 e. The monoisotopic (exact) mass is 384 g/mol. The Morgan fingerprint density at radius 3 is 2.30 bits per heavy atom. The molecule has 0 radical (unpaired) electrons. The normalized spacial score (nSPS) is 12.8. The molecule has 0 unspecified atom stereocenters. The van der Waals surface area contributed by atoms with Gasteiger partial charge in [0, 0.05) is 6.54 Å². The molecule has 0 fully saturated rings. The first-order valence-electron chi connectivity index (χ1n) is 8.98. The average molecular weight is 385 g/mol. The number of nitrogens with zero attached hydrogens (tertiary/aromatic N) is 3. The van der Waals surface area contributed by atoms with Crippen molar-refractivity contribution in [1.29, 1.82) is 0 Å². The van der Waals surface area contributed by atoms with Crippen molar-refractivity contribution in [2.45, 2.75) is 44.2 Å². The summed E-state index contributed by atoms with van der Waals surface area (Å²) in [5.74, 6) is 0.422. The molecule has 1 N–H and O–H groups in total. The lowest BCUT2D eigenvalue weighted by Gasteiger charge is -2.11. The van der Waals surface area contributed by atoms with Crippen LogP contribution in [0.15, 0.2) is 66.1 Å². The third-order valence-corrected chi connectivity index (χ3v) is 6.09. The van der Waals surface area contributed by atoms with Crippen molar-refractivity contribution < 1.29 is 8.42 Å². The van der Waals surface area contributed by atoms with Gasteiger partial charge < -0.3 is 0 Å². The predicted molar refractivity (Wildman–Crippen MR) is 105 cm³/mol. The Kier molecular flexibility index (Phi) is 6.03. The van der Waals surface area contributed by atoms with Crippen LogP contribution < -0.4 is 4.72 Å². The van der Waals surface area contributed by atoms with Crippen molar-refractivity contribution >= 4 is 10.0 Å². The van der Waals surface area contributed by atoms with Crippen LogP contribution in [-0.2, 0) is 23.1 Å². The van der Waals surface area contributed by atoms with Crippen LogP contribution in [0.25, 0.3) is 0 Å². The lowest BCUT2D eigenvalue weighted by molar-refractivity contribution is 0.581. The standard InChI is InChI=1S/C20H24N4O2S/c1-3-16(2)19-8-10-20(11-9-19)27(25,26)23-12-17-4-6-18(7-5-17)13-24-15-21-14-22-24/h4-11,14-16,23H,3,12-13H2,1-2H3/t16-/m1/s1. The van der Waals surface area contributed by atoms with Crippen LogP contribution in [0.4, 0.5) is 0 Å². The Morgan fingerprint density at radius 1 is 1.04 bits per heavy atom. The van der Waals surface area contributed by atoms with E-state index in [0.717, 1.165) is 23.1 Å². The number of rotatable bonds is 8. The fourth-order valence-electron chi connectivity index (χ4n) is 2.74. The van der Waals surface area contributed by atoms with Crippen LogP contribution in [0, 0.1) is 0 Å². The first kappa shape index (κ1) is 19.3. The van der Waals surface area contributed by atoms with Gasteiger partial charge in [0.1, 0.15) is 12.7 Å². The molecule has 1 atom stereocenters. The molecule has 3 aromatic rings. The number of nitrogens with one attached hydrogen (secondary N) is 1. The van der Waals surface area contributed by atoms with E-state index < -0.39 is 10.0 Å². The Labute approximate surface area is 160 Å². The quantitative estimate of drug-likeness (QED) is 0.646. The Balaban J connectivity index is 1.61. The zero-order chi connectivity index (χ0) is 19.3. The van der Waals surface area contributed by atoms with Gasteiger partial charge in [-0.15, -0.1) is 0 Å². The van der Waals surface area contributed by atoms with E-state index in [2.05, 4.69) is 28.7 Å². The highest BCUT2D eigenvalue weighted by molar-refractivity contribution is 7.89. The van der Waals surface area contributed by atoms with Gasteiger partial charge in [0.05, 0.1) is 11.4 Å². The third-order valence-electron chi connectivity index (χ3n) is 4.67. The minimum atomic E-state index is -3.53. The molecule has 0 amide bonds. The molecule has 142 valence electrons. The summed E-state index contributed by atoms with van der Waals surface area (Å²) < 4.78 is 29.4. The number of hydrogen-bond acceptors (Lipinski definition) is 4. The second-order valence-corrected chi connectivity index (χ2v) is 8.38. The van der Waals surface area contributed by atoms with E-state index >= 15 is 0 Å². The molecule has 0 saturated heterocycles. The molecule has 0 aliphatic rings. The molecule has 2 aromatic carbocycles. The van der Waals surface area contributed by atoms with Crippen LogP contribution >= 0.6 is 0 Å². The maximum atomic E-state index is 12.5. The van der Waals surface area contributed by atoms with Crippen molar-refractivity contribution in [3.8, 4) is 0 Å². The van der Waals surface area contributed by atoms with Gasteiger partial charge >= 0.3 is 0 Å². The molecule has 1 aromatic heterocycles. The van der Waals surface area contributed by atoms with Crippen LogP contribution in [0.3, 0.4) is 0 Å². The van der Waals surface area contributed by atoms with E-state index in [1.165, 1.54) is 6.33 Å². The average Bonchev–Trinajstić information content (AvgIpc) is 3.20. The van der Waals surface area contributed by atoms with Gasteiger partial charge in [0.25, 0.3) is 0 Å². The molecule has 0 spiro atoms. The van der Waals surface area contributed by atoms with Gasteiger partial charge in [0.15, 0.2) is 0 Å². The topological polar surface area (TPSA) is 76.9 Å². The van der Waals surface area contributed by atoms with Crippen molar-refractivity contribution in [3.05, 3.63) is 77.9 Å². The summed E-state index contributed by atoms with van der Waals surface area (Å²) in [6.45, 7) is 5.13. The fraction of sp³-hybridized carbons (Fsp3) is 0.300. The lowest BCUT2D eigenvalue weighted by Crippen LogP contribution is -2.23. The van der Waals surface area contributed by atoms with Crippen molar-refractivity contribution in [1.82, 2.24) is 19.5 Å². The van der Waals surface area contributed by atoms with Crippen molar-refractivity contribution in [3.63, 3.8) is 0 Å². The highest BCUT2D eigenvalue weighted by Crippen LogP contribution is 2.20. The molecule has 7 heteroatoms. The Morgan fingerprint density at radius 2 is 1.70 bits per heavy atom. The summed E-state index contributed by atoms with van der Waals surface area (Å²) in [5.41, 5.74) is 3.13. The molecule has 1 heterocycles. The maximum absolute atomic E-state index is 12.5. The number of sulfonamides is 1. The van der Waals surface area contributed by atoms with Gasteiger partial charge in [-0.2, -0.15) is 5.10 Å². The smallest absolute Gasteiger partial charge is 0.240 e. The first-order valence-corrected chi connectivity index (χ1v) is 10.5. The molecule has 3 rings (SSSR count). The molecule has 0 saturated carbocycles. The molecular weight excluding hydrogens is 360 g/mol. The van der Waals surface area contributed by atoms with Crippen LogP contribution in [0.1, 0.15) is 42.9 Å². The summed E-state index contributed by atoms with van der Waals surface area (Å²) in [4.78, 5) is 4.21. The molecule has 0 aliphatic carbocycles. The SMILES string of the molecule is CC[C@@H](C)c1ccc(S(=O)(=O)NCc2ccc(Cn3cncn3)cc2)cc1. The predicted octanol–water partition coefficient (Wildman–Crippen LogP) is 3.32. The van der Waals surface area contributed by atoms with Gasteiger partial charge in [-0.25, -0.2) is 22.8 Å². The first-order chi connectivity index (χ1) is 13.0. The summed E-state index contributed by atoms with van der Waals surface area (Å²) in [6.07, 6.45) is 4.18. The van der Waals surface area contributed by atoms with E-state index in [-0.39, 0.29) is 11.4 Å². The Bertz CT molecular complexity index is 950. The Hall–Kier alpha value is -2.51. The van der Waals surface area contributed by atoms with Gasteiger partial charge in [0.2, 0.25) is 10.0 Å². The van der Waals surface area contributed by atoms with E-state index in [1.807, 2.05) is 36.4 Å². The van der Waals surface area contributed by atoms with Crippen molar-refractivity contribution in [2.75, 3.05) is 0 Å². The van der Waals surface area contributed by atoms with Crippen LogP contribution in [-0.4, -0.2) is 23.2 Å². The van der Waals surface area contributed by atoms with E-state index in [4.69, 9.17) is 0 Å². The minimum Gasteiger partial charge on any atom is -0.249 e. The summed E-state index contributed by atoms with van der Waals surface area (Å²) in [6, 6.07) is 14.9. The lowest BCUT2D eigenvalue weighted by atomic mass is 9.99. The highest BCUT2D eigenvalue weighted by atomic mass is 32.2. The second kappa shape index (κ2) is 8.45. The van der Waals surface area contributed by atoms with Crippen LogP contribution in [0.2, 0.25) is 0 Å². The summed E-state index contributed by atoms with van der Waals surface area (Å²) in [5, 5.41) is 4.07. The van der Waals surface area contributed by atoms with Gasteiger partial charge in [-0.05, 0) is 41.2 Å². The number of hydrogen-bond donors (Lipinski definition) is 1. The molecule has 6 nitrogen and oxygen atoms in total. The van der Waals surface area contributed by atoms with Gasteiger partial charge in [-0.3, -0.25) is 0 Å². The molecular formula is C20H24N4O2S. The molecule has 27 heavy (non-hydrogen) atoms.